The van der Waals surface area contributed by atoms with E-state index in [4.69, 9.17) is 9.47 Å². The SMILES string of the molecule is CC(=O)c1cccc(S(=O)(=O)Nc2cc3c(cc2C(=O)O)OCCO3)c1. The largest absolute Gasteiger partial charge is 0.486 e. The van der Waals surface area contributed by atoms with Crippen molar-refractivity contribution in [1.82, 2.24) is 0 Å². The Morgan fingerprint density at radius 1 is 1.08 bits per heavy atom. The summed E-state index contributed by atoms with van der Waals surface area (Å²) in [5, 5.41) is 9.38. The van der Waals surface area contributed by atoms with Gasteiger partial charge in [-0.25, -0.2) is 13.2 Å². The Bertz CT molecular complexity index is 998. The molecule has 0 atom stereocenters. The molecule has 0 amide bonds. The van der Waals surface area contributed by atoms with Gasteiger partial charge in [-0.15, -0.1) is 0 Å². The highest BCUT2D eigenvalue weighted by Crippen LogP contribution is 2.36. The second kappa shape index (κ2) is 6.68. The topological polar surface area (TPSA) is 119 Å². The van der Waals surface area contributed by atoms with Crippen LogP contribution in [0.1, 0.15) is 27.6 Å². The fraction of sp³-hybridized carbons (Fsp3) is 0.176. The van der Waals surface area contributed by atoms with Crippen LogP contribution in [0, 0.1) is 0 Å². The molecule has 1 aliphatic heterocycles. The summed E-state index contributed by atoms with van der Waals surface area (Å²) in [6.07, 6.45) is 0. The maximum atomic E-state index is 12.6. The predicted molar refractivity (Wildman–Crippen MR) is 91.6 cm³/mol. The lowest BCUT2D eigenvalue weighted by Crippen LogP contribution is -2.19. The Morgan fingerprint density at radius 3 is 2.35 bits per heavy atom. The number of carbonyl (C=O) groups is 2. The predicted octanol–water partition coefficient (Wildman–Crippen LogP) is 2.16. The Kier molecular flexibility index (Phi) is 4.56. The molecule has 9 heteroatoms. The number of nitrogens with one attached hydrogen (secondary N) is 1. The summed E-state index contributed by atoms with van der Waals surface area (Å²) < 4.78 is 38.2. The molecule has 2 aromatic carbocycles. The number of rotatable bonds is 5. The normalized spacial score (nSPS) is 13.1. The number of fused-ring (bicyclic) bond motifs is 1. The molecule has 1 aliphatic rings. The van der Waals surface area contributed by atoms with Crippen molar-refractivity contribution < 1.29 is 32.6 Å². The van der Waals surface area contributed by atoms with E-state index in [1.165, 1.54) is 43.3 Å². The van der Waals surface area contributed by atoms with Crippen LogP contribution >= 0.6 is 0 Å². The smallest absolute Gasteiger partial charge is 0.337 e. The molecule has 0 saturated heterocycles. The standard InChI is InChI=1S/C17H15NO7S/c1-10(19)11-3-2-4-12(7-11)26(22,23)18-14-9-16-15(24-5-6-25-16)8-13(14)17(20)21/h2-4,7-9,18H,5-6H2,1H3,(H,20,21). The summed E-state index contributed by atoms with van der Waals surface area (Å²) in [7, 11) is -4.11. The van der Waals surface area contributed by atoms with Gasteiger partial charge in [0.15, 0.2) is 17.3 Å². The first-order valence-corrected chi connectivity index (χ1v) is 9.07. The molecule has 2 aromatic rings. The van der Waals surface area contributed by atoms with Gasteiger partial charge in [0, 0.05) is 17.7 Å². The maximum Gasteiger partial charge on any atom is 0.337 e. The van der Waals surface area contributed by atoms with Crippen LogP contribution in [0.15, 0.2) is 41.3 Å². The van der Waals surface area contributed by atoms with E-state index in [-0.39, 0.29) is 52.2 Å². The number of anilines is 1. The van der Waals surface area contributed by atoms with Gasteiger partial charge in [-0.2, -0.15) is 0 Å². The number of carbonyl (C=O) groups excluding carboxylic acids is 1. The molecule has 8 nitrogen and oxygen atoms in total. The van der Waals surface area contributed by atoms with Crippen molar-refractivity contribution >= 4 is 27.5 Å². The number of Topliss-reactive ketones (excluding diaryl/α,β-unsaturated/α-hetero) is 1. The maximum absolute atomic E-state index is 12.6. The first-order chi connectivity index (χ1) is 12.3. The Morgan fingerprint density at radius 2 is 1.73 bits per heavy atom. The van der Waals surface area contributed by atoms with Gasteiger partial charge < -0.3 is 14.6 Å². The number of hydrogen-bond donors (Lipinski definition) is 2. The second-order valence-electron chi connectivity index (χ2n) is 5.54. The van der Waals surface area contributed by atoms with E-state index in [2.05, 4.69) is 4.72 Å². The molecule has 0 unspecified atom stereocenters. The minimum atomic E-state index is -4.11. The van der Waals surface area contributed by atoms with E-state index in [1.807, 2.05) is 0 Å². The number of carboxylic acid groups (broad SMARTS) is 1. The van der Waals surface area contributed by atoms with Crippen molar-refractivity contribution in [2.45, 2.75) is 11.8 Å². The van der Waals surface area contributed by atoms with Gasteiger partial charge in [0.25, 0.3) is 10.0 Å². The van der Waals surface area contributed by atoms with Crippen LogP contribution in [0.4, 0.5) is 5.69 Å². The van der Waals surface area contributed by atoms with Crippen LogP contribution < -0.4 is 14.2 Å². The molecule has 0 spiro atoms. The molecule has 0 aromatic heterocycles. The van der Waals surface area contributed by atoms with Gasteiger partial charge in [0.05, 0.1) is 16.1 Å². The van der Waals surface area contributed by atoms with Crippen LogP contribution in [-0.4, -0.2) is 38.5 Å². The van der Waals surface area contributed by atoms with Crippen molar-refractivity contribution in [2.24, 2.45) is 0 Å². The fourth-order valence-corrected chi connectivity index (χ4v) is 3.55. The van der Waals surface area contributed by atoms with Crippen LogP contribution in [0.3, 0.4) is 0 Å². The highest BCUT2D eigenvalue weighted by molar-refractivity contribution is 7.92. The second-order valence-corrected chi connectivity index (χ2v) is 7.22. The zero-order chi connectivity index (χ0) is 18.9. The fourth-order valence-electron chi connectivity index (χ4n) is 2.44. The summed E-state index contributed by atoms with van der Waals surface area (Å²) >= 11 is 0. The Balaban J connectivity index is 2.03. The molecule has 3 rings (SSSR count). The lowest BCUT2D eigenvalue weighted by molar-refractivity contribution is 0.0696. The monoisotopic (exact) mass is 377 g/mol. The molecule has 1 heterocycles. The zero-order valence-electron chi connectivity index (χ0n) is 13.7. The molecular formula is C17H15NO7S. The van der Waals surface area contributed by atoms with E-state index in [0.29, 0.717) is 0 Å². The van der Waals surface area contributed by atoms with Crippen LogP contribution in [0.2, 0.25) is 0 Å². The third-order valence-corrected chi connectivity index (χ3v) is 5.07. The van der Waals surface area contributed by atoms with Crippen molar-refractivity contribution in [2.75, 3.05) is 17.9 Å². The van der Waals surface area contributed by atoms with E-state index < -0.39 is 16.0 Å². The minimum absolute atomic E-state index is 0.156. The number of ether oxygens (including phenoxy) is 2. The van der Waals surface area contributed by atoms with Crippen LogP contribution in [0.25, 0.3) is 0 Å². The van der Waals surface area contributed by atoms with Crippen LogP contribution in [0.5, 0.6) is 11.5 Å². The van der Waals surface area contributed by atoms with E-state index in [0.717, 1.165) is 0 Å². The minimum Gasteiger partial charge on any atom is -0.486 e. The number of aromatic carboxylic acids is 1. The van der Waals surface area contributed by atoms with Crippen molar-refractivity contribution in [3.05, 3.63) is 47.5 Å². The quantitative estimate of drug-likeness (QED) is 0.766. The summed E-state index contributed by atoms with van der Waals surface area (Å²) in [5.74, 6) is -1.13. The lowest BCUT2D eigenvalue weighted by atomic mass is 10.1. The number of carboxylic acids is 1. The molecule has 0 aliphatic carbocycles. The lowest BCUT2D eigenvalue weighted by Gasteiger charge is -2.20. The third-order valence-electron chi connectivity index (χ3n) is 3.71. The van der Waals surface area contributed by atoms with Gasteiger partial charge in [0.1, 0.15) is 13.2 Å². The number of benzene rings is 2. The third kappa shape index (κ3) is 3.47. The molecule has 136 valence electrons. The molecule has 2 N–H and O–H groups in total. The Labute approximate surface area is 149 Å². The summed E-state index contributed by atoms with van der Waals surface area (Å²) in [4.78, 5) is 22.8. The average Bonchev–Trinajstić information content (AvgIpc) is 2.60. The molecule has 26 heavy (non-hydrogen) atoms. The Hall–Kier alpha value is -3.07. The van der Waals surface area contributed by atoms with Gasteiger partial charge >= 0.3 is 5.97 Å². The number of hydrogen-bond acceptors (Lipinski definition) is 6. The van der Waals surface area contributed by atoms with Gasteiger partial charge in [0.2, 0.25) is 0 Å². The summed E-state index contributed by atoms with van der Waals surface area (Å²) in [6.45, 7) is 1.86. The highest BCUT2D eigenvalue weighted by atomic mass is 32.2. The van der Waals surface area contributed by atoms with E-state index >= 15 is 0 Å². The van der Waals surface area contributed by atoms with Gasteiger partial charge in [-0.1, -0.05) is 12.1 Å². The highest BCUT2D eigenvalue weighted by Gasteiger charge is 2.23. The van der Waals surface area contributed by atoms with Gasteiger partial charge in [-0.3, -0.25) is 9.52 Å². The van der Waals surface area contributed by atoms with E-state index in [9.17, 15) is 23.1 Å². The summed E-state index contributed by atoms with van der Waals surface area (Å²) in [5.41, 5.74) is -0.205. The van der Waals surface area contributed by atoms with Crippen molar-refractivity contribution in [1.29, 1.82) is 0 Å². The average molecular weight is 377 g/mol. The number of sulfonamides is 1. The molecular weight excluding hydrogens is 362 g/mol. The molecule has 0 bridgehead atoms. The zero-order valence-corrected chi connectivity index (χ0v) is 14.5. The van der Waals surface area contributed by atoms with Gasteiger partial charge in [-0.05, 0) is 19.1 Å². The van der Waals surface area contributed by atoms with Crippen LogP contribution in [-0.2, 0) is 10.0 Å². The van der Waals surface area contributed by atoms with Crippen molar-refractivity contribution in [3.8, 4) is 11.5 Å². The number of ketones is 1. The molecule has 0 fully saturated rings. The first kappa shape index (κ1) is 17.7. The molecule has 0 saturated carbocycles. The summed E-state index contributed by atoms with van der Waals surface area (Å²) in [6, 6.07) is 7.95. The van der Waals surface area contributed by atoms with E-state index in [1.54, 1.807) is 0 Å². The first-order valence-electron chi connectivity index (χ1n) is 7.59. The van der Waals surface area contributed by atoms with Crippen molar-refractivity contribution in [3.63, 3.8) is 0 Å². The molecule has 0 radical (unpaired) electrons.